The molecular formula is C16H17F2N3. The third-order valence-electron chi connectivity index (χ3n) is 3.52. The van der Waals surface area contributed by atoms with Crippen molar-refractivity contribution in [3.63, 3.8) is 0 Å². The highest BCUT2D eigenvalue weighted by Crippen LogP contribution is 2.40. The molecule has 2 aromatic rings. The van der Waals surface area contributed by atoms with E-state index in [1.54, 1.807) is 12.1 Å². The van der Waals surface area contributed by atoms with Crippen LogP contribution in [0.4, 0.5) is 14.6 Å². The van der Waals surface area contributed by atoms with E-state index >= 15 is 0 Å². The van der Waals surface area contributed by atoms with Gasteiger partial charge in [0.15, 0.2) is 5.82 Å². The summed E-state index contributed by atoms with van der Waals surface area (Å²) in [6.45, 7) is 2.79. The van der Waals surface area contributed by atoms with Crippen LogP contribution in [0.2, 0.25) is 0 Å². The lowest BCUT2D eigenvalue weighted by molar-refractivity contribution is 0.151. The van der Waals surface area contributed by atoms with Crippen LogP contribution in [0.1, 0.15) is 43.4 Å². The molecule has 0 amide bonds. The maximum absolute atomic E-state index is 12.6. The number of aromatic nitrogens is 2. The smallest absolute Gasteiger partial charge is 0.263 e. The Kier molecular flexibility index (Phi) is 3.82. The molecular weight excluding hydrogens is 272 g/mol. The summed E-state index contributed by atoms with van der Waals surface area (Å²) in [7, 11) is 0. The van der Waals surface area contributed by atoms with Crippen molar-refractivity contribution in [3.8, 4) is 11.4 Å². The number of hydrogen-bond donors (Lipinski definition) is 1. The molecule has 21 heavy (non-hydrogen) atoms. The molecule has 3 rings (SSSR count). The molecule has 0 atom stereocenters. The van der Waals surface area contributed by atoms with Gasteiger partial charge in [-0.1, -0.05) is 24.3 Å². The first-order valence-corrected chi connectivity index (χ1v) is 7.18. The Balaban J connectivity index is 1.95. The van der Waals surface area contributed by atoms with E-state index in [0.717, 1.165) is 36.5 Å². The van der Waals surface area contributed by atoms with E-state index in [9.17, 15) is 8.78 Å². The van der Waals surface area contributed by atoms with Crippen LogP contribution in [0.25, 0.3) is 11.4 Å². The second-order valence-electron chi connectivity index (χ2n) is 5.23. The van der Waals surface area contributed by atoms with Crippen molar-refractivity contribution < 1.29 is 8.78 Å². The second-order valence-corrected chi connectivity index (χ2v) is 5.23. The molecule has 1 aromatic carbocycles. The van der Waals surface area contributed by atoms with Gasteiger partial charge >= 0.3 is 0 Å². The van der Waals surface area contributed by atoms with E-state index in [0.29, 0.717) is 11.7 Å². The van der Waals surface area contributed by atoms with Gasteiger partial charge in [0, 0.05) is 35.3 Å². The summed E-state index contributed by atoms with van der Waals surface area (Å²) >= 11 is 0. The Morgan fingerprint density at radius 3 is 2.48 bits per heavy atom. The first-order valence-electron chi connectivity index (χ1n) is 7.18. The number of benzene rings is 1. The molecule has 1 aliphatic carbocycles. The van der Waals surface area contributed by atoms with E-state index in [2.05, 4.69) is 15.3 Å². The Labute approximate surface area is 122 Å². The normalized spacial score (nSPS) is 14.5. The first-order chi connectivity index (χ1) is 10.2. The molecule has 1 fully saturated rings. The second kappa shape index (κ2) is 5.76. The Morgan fingerprint density at radius 1 is 1.19 bits per heavy atom. The van der Waals surface area contributed by atoms with Gasteiger partial charge in [0.05, 0.1) is 0 Å². The average molecular weight is 289 g/mol. The number of nitrogens with zero attached hydrogens (tertiary/aromatic N) is 2. The highest BCUT2D eigenvalue weighted by atomic mass is 19.3. The molecule has 0 unspecified atom stereocenters. The lowest BCUT2D eigenvalue weighted by atomic mass is 10.1. The van der Waals surface area contributed by atoms with E-state index in [1.165, 1.54) is 12.1 Å². The fraction of sp³-hybridized carbons (Fsp3) is 0.375. The van der Waals surface area contributed by atoms with Gasteiger partial charge in [0.25, 0.3) is 6.43 Å². The molecule has 3 nitrogen and oxygen atoms in total. The quantitative estimate of drug-likeness (QED) is 0.887. The number of halogens is 2. The minimum absolute atomic E-state index is 0.0176. The van der Waals surface area contributed by atoms with Crippen LogP contribution in [-0.2, 0) is 0 Å². The van der Waals surface area contributed by atoms with E-state index in [4.69, 9.17) is 0 Å². The Hall–Kier alpha value is -2.04. The highest BCUT2D eigenvalue weighted by molar-refractivity contribution is 5.58. The van der Waals surface area contributed by atoms with Crippen molar-refractivity contribution in [2.45, 2.75) is 32.1 Å². The molecule has 1 N–H and O–H groups in total. The van der Waals surface area contributed by atoms with E-state index in [-0.39, 0.29) is 5.56 Å². The summed E-state index contributed by atoms with van der Waals surface area (Å²) in [5.41, 5.74) is 1.82. The Bertz CT molecular complexity index is 622. The fourth-order valence-electron chi connectivity index (χ4n) is 2.23. The SMILES string of the molecule is CCNc1cc(C2CC2)nc(-c2ccc(C(F)F)cc2)n1. The lowest BCUT2D eigenvalue weighted by Crippen LogP contribution is -2.03. The Morgan fingerprint density at radius 2 is 1.90 bits per heavy atom. The van der Waals surface area contributed by atoms with Gasteiger partial charge in [-0.25, -0.2) is 18.7 Å². The van der Waals surface area contributed by atoms with Gasteiger partial charge in [-0.2, -0.15) is 0 Å². The molecule has 0 aliphatic heterocycles. The van der Waals surface area contributed by atoms with Gasteiger partial charge in [-0.05, 0) is 19.8 Å². The minimum atomic E-state index is -2.45. The lowest BCUT2D eigenvalue weighted by Gasteiger charge is -2.09. The van der Waals surface area contributed by atoms with Crippen LogP contribution in [0.15, 0.2) is 30.3 Å². The van der Waals surface area contributed by atoms with Crippen LogP contribution >= 0.6 is 0 Å². The van der Waals surface area contributed by atoms with Crippen LogP contribution in [-0.4, -0.2) is 16.5 Å². The van der Waals surface area contributed by atoms with Gasteiger partial charge in [0.1, 0.15) is 5.82 Å². The molecule has 0 bridgehead atoms. The molecule has 5 heteroatoms. The topological polar surface area (TPSA) is 37.8 Å². The van der Waals surface area contributed by atoms with Crippen molar-refractivity contribution in [2.75, 3.05) is 11.9 Å². The fourth-order valence-corrected chi connectivity index (χ4v) is 2.23. The molecule has 0 spiro atoms. The average Bonchev–Trinajstić information content (AvgIpc) is 3.32. The van der Waals surface area contributed by atoms with Crippen LogP contribution < -0.4 is 5.32 Å². The minimum Gasteiger partial charge on any atom is -0.370 e. The summed E-state index contributed by atoms with van der Waals surface area (Å²) in [5.74, 6) is 1.91. The van der Waals surface area contributed by atoms with Crippen LogP contribution in [0.3, 0.4) is 0 Å². The zero-order valence-electron chi connectivity index (χ0n) is 11.8. The van der Waals surface area contributed by atoms with E-state index in [1.807, 2.05) is 13.0 Å². The van der Waals surface area contributed by atoms with Gasteiger partial charge < -0.3 is 5.32 Å². The standard InChI is InChI=1S/C16H17F2N3/c1-2-19-14-9-13(10-3-4-10)20-16(21-14)12-7-5-11(6-8-12)15(17)18/h5-10,15H,2-4H2,1H3,(H,19,20,21). The van der Waals surface area contributed by atoms with Gasteiger partial charge in [0.2, 0.25) is 0 Å². The summed E-state index contributed by atoms with van der Waals surface area (Å²) in [6.07, 6.45) is -0.131. The zero-order chi connectivity index (χ0) is 14.8. The number of alkyl halides is 2. The van der Waals surface area contributed by atoms with E-state index < -0.39 is 6.43 Å². The predicted molar refractivity (Wildman–Crippen MR) is 78.6 cm³/mol. The zero-order valence-corrected chi connectivity index (χ0v) is 11.8. The molecule has 110 valence electrons. The number of nitrogens with one attached hydrogen (secondary N) is 1. The number of anilines is 1. The summed E-state index contributed by atoms with van der Waals surface area (Å²) in [5, 5.41) is 3.20. The highest BCUT2D eigenvalue weighted by Gasteiger charge is 2.26. The molecule has 1 heterocycles. The molecule has 1 aliphatic rings. The first kappa shape index (κ1) is 13.9. The molecule has 0 saturated heterocycles. The van der Waals surface area contributed by atoms with Gasteiger partial charge in [-0.3, -0.25) is 0 Å². The van der Waals surface area contributed by atoms with Gasteiger partial charge in [-0.15, -0.1) is 0 Å². The van der Waals surface area contributed by atoms with Crippen molar-refractivity contribution >= 4 is 5.82 Å². The van der Waals surface area contributed by atoms with Crippen LogP contribution in [0.5, 0.6) is 0 Å². The number of rotatable bonds is 5. The maximum atomic E-state index is 12.6. The largest absolute Gasteiger partial charge is 0.370 e. The molecule has 0 radical (unpaired) electrons. The van der Waals surface area contributed by atoms with Crippen molar-refractivity contribution in [3.05, 3.63) is 41.6 Å². The maximum Gasteiger partial charge on any atom is 0.263 e. The van der Waals surface area contributed by atoms with Crippen LogP contribution in [0, 0.1) is 0 Å². The summed E-state index contributed by atoms with van der Waals surface area (Å²) in [6, 6.07) is 8.16. The van der Waals surface area contributed by atoms with Crippen molar-refractivity contribution in [1.82, 2.24) is 9.97 Å². The van der Waals surface area contributed by atoms with Crippen molar-refractivity contribution in [1.29, 1.82) is 0 Å². The summed E-state index contributed by atoms with van der Waals surface area (Å²) < 4.78 is 25.2. The third-order valence-corrected chi connectivity index (χ3v) is 3.52. The molecule has 1 saturated carbocycles. The summed E-state index contributed by atoms with van der Waals surface area (Å²) in [4.78, 5) is 9.05. The monoisotopic (exact) mass is 289 g/mol. The predicted octanol–water partition coefficient (Wildman–Crippen LogP) is 4.39. The third kappa shape index (κ3) is 3.17. The number of hydrogen-bond acceptors (Lipinski definition) is 3. The van der Waals surface area contributed by atoms with Crippen molar-refractivity contribution in [2.24, 2.45) is 0 Å². The molecule has 1 aromatic heterocycles.